The average molecular weight is 273 g/mol. The van der Waals surface area contributed by atoms with Crippen LogP contribution in [0.25, 0.3) is 0 Å². The molecule has 0 bridgehead atoms. The first kappa shape index (κ1) is 14.1. The minimum Gasteiger partial charge on any atom is -0.388 e. The Hall–Kier alpha value is -1.29. The van der Waals surface area contributed by atoms with E-state index in [1.165, 1.54) is 0 Å². The van der Waals surface area contributed by atoms with E-state index >= 15 is 0 Å². The second-order valence-corrected chi connectivity index (χ2v) is 5.69. The Kier molecular flexibility index (Phi) is 5.02. The summed E-state index contributed by atoms with van der Waals surface area (Å²) in [6.45, 7) is 1.97. The zero-order valence-corrected chi connectivity index (χ0v) is 11.8. The van der Waals surface area contributed by atoms with Gasteiger partial charge in [-0.1, -0.05) is 42.5 Å². The van der Waals surface area contributed by atoms with E-state index < -0.39 is 6.10 Å². The third-order valence-corrected chi connectivity index (χ3v) is 4.09. The second-order valence-electron chi connectivity index (χ2n) is 4.60. The van der Waals surface area contributed by atoms with E-state index in [4.69, 9.17) is 5.73 Å². The van der Waals surface area contributed by atoms with Crippen molar-refractivity contribution >= 4 is 11.8 Å². The first-order chi connectivity index (χ1) is 9.16. The van der Waals surface area contributed by atoms with Crippen molar-refractivity contribution in [3.63, 3.8) is 0 Å². The smallest absolute Gasteiger partial charge is 0.0883 e. The summed E-state index contributed by atoms with van der Waals surface area (Å²) in [7, 11) is 0. The highest BCUT2D eigenvalue weighted by molar-refractivity contribution is 7.99. The Morgan fingerprint density at radius 2 is 1.63 bits per heavy atom. The van der Waals surface area contributed by atoms with Gasteiger partial charge in [-0.15, -0.1) is 11.8 Å². The summed E-state index contributed by atoms with van der Waals surface area (Å²) in [4.78, 5) is 1.15. The highest BCUT2D eigenvalue weighted by Gasteiger charge is 2.07. The summed E-state index contributed by atoms with van der Waals surface area (Å²) in [6.07, 6.45) is -0.431. The molecular formula is C16H19NOS. The zero-order chi connectivity index (χ0) is 13.7. The molecule has 3 N–H and O–H groups in total. The fourth-order valence-corrected chi connectivity index (χ4v) is 2.69. The fourth-order valence-electron chi connectivity index (χ4n) is 1.81. The van der Waals surface area contributed by atoms with Crippen molar-refractivity contribution < 1.29 is 5.11 Å². The summed E-state index contributed by atoms with van der Waals surface area (Å²) in [5, 5.41) is 10.1. The van der Waals surface area contributed by atoms with Crippen LogP contribution in [0.3, 0.4) is 0 Å². The van der Waals surface area contributed by atoms with Crippen molar-refractivity contribution in [2.45, 2.75) is 24.0 Å². The average Bonchev–Trinajstić information content (AvgIpc) is 2.46. The molecule has 0 fully saturated rings. The lowest BCUT2D eigenvalue weighted by Gasteiger charge is -2.11. The van der Waals surface area contributed by atoms with Crippen molar-refractivity contribution in [2.75, 3.05) is 5.75 Å². The van der Waals surface area contributed by atoms with Gasteiger partial charge in [-0.3, -0.25) is 0 Å². The number of aliphatic hydroxyl groups is 1. The SMILES string of the molecule is CC(N)c1ccc(SCC(O)c2ccccc2)cc1. The van der Waals surface area contributed by atoms with Gasteiger partial charge in [0.1, 0.15) is 0 Å². The van der Waals surface area contributed by atoms with E-state index in [0.29, 0.717) is 5.75 Å². The molecule has 2 unspecified atom stereocenters. The first-order valence-electron chi connectivity index (χ1n) is 6.38. The fraction of sp³-hybridized carbons (Fsp3) is 0.250. The molecule has 0 aliphatic heterocycles. The molecule has 2 atom stereocenters. The van der Waals surface area contributed by atoms with Crippen molar-refractivity contribution in [1.29, 1.82) is 0 Å². The molecule has 0 heterocycles. The van der Waals surface area contributed by atoms with Crippen LogP contribution in [-0.2, 0) is 0 Å². The zero-order valence-electron chi connectivity index (χ0n) is 11.0. The molecule has 2 aromatic rings. The van der Waals surface area contributed by atoms with Gasteiger partial charge >= 0.3 is 0 Å². The molecule has 0 amide bonds. The van der Waals surface area contributed by atoms with E-state index in [-0.39, 0.29) is 6.04 Å². The maximum atomic E-state index is 10.1. The molecule has 2 aromatic carbocycles. The number of thioether (sulfide) groups is 1. The van der Waals surface area contributed by atoms with Crippen molar-refractivity contribution in [1.82, 2.24) is 0 Å². The quantitative estimate of drug-likeness (QED) is 0.819. The summed E-state index contributed by atoms with van der Waals surface area (Å²) in [5.74, 6) is 0.654. The van der Waals surface area contributed by atoms with Crippen LogP contribution in [-0.4, -0.2) is 10.9 Å². The standard InChI is InChI=1S/C16H19NOS/c1-12(17)13-7-9-15(10-8-13)19-11-16(18)14-5-3-2-4-6-14/h2-10,12,16,18H,11,17H2,1H3. The summed E-state index contributed by atoms with van der Waals surface area (Å²) in [5.41, 5.74) is 7.91. The van der Waals surface area contributed by atoms with Gasteiger partial charge in [0, 0.05) is 16.7 Å². The first-order valence-corrected chi connectivity index (χ1v) is 7.36. The van der Waals surface area contributed by atoms with Gasteiger partial charge in [0.05, 0.1) is 6.10 Å². The van der Waals surface area contributed by atoms with Crippen LogP contribution in [0.5, 0.6) is 0 Å². The van der Waals surface area contributed by atoms with Crippen LogP contribution in [0.1, 0.15) is 30.2 Å². The minimum atomic E-state index is -0.431. The van der Waals surface area contributed by atoms with Gasteiger partial charge < -0.3 is 10.8 Å². The predicted molar refractivity (Wildman–Crippen MR) is 81.2 cm³/mol. The largest absolute Gasteiger partial charge is 0.388 e. The molecule has 0 saturated carbocycles. The molecule has 100 valence electrons. The highest BCUT2D eigenvalue weighted by atomic mass is 32.2. The highest BCUT2D eigenvalue weighted by Crippen LogP contribution is 2.25. The topological polar surface area (TPSA) is 46.2 Å². The lowest BCUT2D eigenvalue weighted by atomic mass is 10.1. The third kappa shape index (κ3) is 4.10. The third-order valence-electron chi connectivity index (χ3n) is 3.00. The number of hydrogen-bond donors (Lipinski definition) is 2. The van der Waals surface area contributed by atoms with Crippen LogP contribution < -0.4 is 5.73 Å². The normalized spacial score (nSPS) is 14.1. The molecular weight excluding hydrogens is 254 g/mol. The van der Waals surface area contributed by atoms with Crippen LogP contribution in [0, 0.1) is 0 Å². The Labute approximate surface area is 118 Å². The van der Waals surface area contributed by atoms with E-state index in [0.717, 1.165) is 16.0 Å². The van der Waals surface area contributed by atoms with Gasteiger partial charge in [-0.05, 0) is 30.2 Å². The Morgan fingerprint density at radius 1 is 1.00 bits per heavy atom. The summed E-state index contributed by atoms with van der Waals surface area (Å²) >= 11 is 1.65. The molecule has 0 saturated heterocycles. The Balaban J connectivity index is 1.92. The van der Waals surface area contributed by atoms with Crippen LogP contribution in [0.4, 0.5) is 0 Å². The predicted octanol–water partition coefficient (Wildman–Crippen LogP) is 3.53. The lowest BCUT2D eigenvalue weighted by Crippen LogP contribution is -2.04. The molecule has 0 spiro atoms. The van der Waals surface area contributed by atoms with Crippen molar-refractivity contribution in [3.05, 3.63) is 65.7 Å². The van der Waals surface area contributed by atoms with Crippen molar-refractivity contribution in [2.24, 2.45) is 5.73 Å². The summed E-state index contributed by atoms with van der Waals surface area (Å²) in [6, 6.07) is 18.0. The number of hydrogen-bond acceptors (Lipinski definition) is 3. The number of rotatable bonds is 5. The maximum absolute atomic E-state index is 10.1. The van der Waals surface area contributed by atoms with E-state index in [1.807, 2.05) is 49.4 Å². The van der Waals surface area contributed by atoms with Crippen molar-refractivity contribution in [3.8, 4) is 0 Å². The van der Waals surface area contributed by atoms with Gasteiger partial charge in [0.25, 0.3) is 0 Å². The monoisotopic (exact) mass is 273 g/mol. The molecule has 19 heavy (non-hydrogen) atoms. The van der Waals surface area contributed by atoms with E-state index in [2.05, 4.69) is 12.1 Å². The molecule has 2 nitrogen and oxygen atoms in total. The van der Waals surface area contributed by atoms with Gasteiger partial charge in [-0.2, -0.15) is 0 Å². The second kappa shape index (κ2) is 6.75. The minimum absolute atomic E-state index is 0.0639. The van der Waals surface area contributed by atoms with Crippen LogP contribution >= 0.6 is 11.8 Å². The molecule has 0 radical (unpaired) electrons. The van der Waals surface area contributed by atoms with Crippen LogP contribution in [0.2, 0.25) is 0 Å². The maximum Gasteiger partial charge on any atom is 0.0883 e. The van der Waals surface area contributed by atoms with E-state index in [9.17, 15) is 5.11 Å². The molecule has 2 rings (SSSR count). The Bertz CT molecular complexity index is 496. The molecule has 0 aromatic heterocycles. The number of aliphatic hydroxyl groups excluding tert-OH is 1. The van der Waals surface area contributed by atoms with Gasteiger partial charge in [-0.25, -0.2) is 0 Å². The molecule has 0 aliphatic carbocycles. The number of nitrogens with two attached hydrogens (primary N) is 1. The lowest BCUT2D eigenvalue weighted by molar-refractivity contribution is 0.204. The summed E-state index contributed by atoms with van der Waals surface area (Å²) < 4.78 is 0. The number of benzene rings is 2. The van der Waals surface area contributed by atoms with Crippen LogP contribution in [0.15, 0.2) is 59.5 Å². The van der Waals surface area contributed by atoms with Gasteiger partial charge in [0.15, 0.2) is 0 Å². The molecule has 0 aliphatic rings. The molecule has 3 heteroatoms. The Morgan fingerprint density at radius 3 is 2.21 bits per heavy atom. The van der Waals surface area contributed by atoms with Gasteiger partial charge in [0.2, 0.25) is 0 Å². The van der Waals surface area contributed by atoms with E-state index in [1.54, 1.807) is 11.8 Å².